The van der Waals surface area contributed by atoms with Crippen LogP contribution in [-0.4, -0.2) is 32.7 Å². The monoisotopic (exact) mass is 234 g/mol. The van der Waals surface area contributed by atoms with E-state index >= 15 is 0 Å². The molecular formula is C13H18N2O2. The van der Waals surface area contributed by atoms with Crippen LogP contribution in [0.5, 0.6) is 0 Å². The average Bonchev–Trinajstić information content (AvgIpc) is 2.89. The predicted molar refractivity (Wildman–Crippen MR) is 67.2 cm³/mol. The third-order valence-corrected chi connectivity index (χ3v) is 3.08. The van der Waals surface area contributed by atoms with Crippen LogP contribution < -0.4 is 10.6 Å². The third kappa shape index (κ3) is 2.97. The molecule has 0 radical (unpaired) electrons. The second kappa shape index (κ2) is 5.68. The first-order chi connectivity index (χ1) is 8.31. The van der Waals surface area contributed by atoms with Gasteiger partial charge in [0.25, 0.3) is 0 Å². The van der Waals surface area contributed by atoms with Crippen molar-refractivity contribution in [1.29, 1.82) is 0 Å². The Bertz CT molecular complexity index is 387. The predicted octanol–water partition coefficient (Wildman–Crippen LogP) is 1.49. The minimum Gasteiger partial charge on any atom is -0.465 e. The van der Waals surface area contributed by atoms with Crippen molar-refractivity contribution in [3.63, 3.8) is 0 Å². The number of rotatable bonds is 4. The maximum absolute atomic E-state index is 11.6. The van der Waals surface area contributed by atoms with Crippen molar-refractivity contribution < 1.29 is 9.53 Å². The molecule has 0 spiro atoms. The highest BCUT2D eigenvalue weighted by Gasteiger charge is 2.16. The summed E-state index contributed by atoms with van der Waals surface area (Å²) in [5, 5.41) is 6.66. The Balaban J connectivity index is 2.01. The van der Waals surface area contributed by atoms with Gasteiger partial charge in [-0.05, 0) is 37.6 Å². The largest absolute Gasteiger partial charge is 0.465 e. The van der Waals surface area contributed by atoms with E-state index < -0.39 is 0 Å². The molecule has 4 heteroatoms. The summed E-state index contributed by atoms with van der Waals surface area (Å²) < 4.78 is 4.76. The second-order valence-electron chi connectivity index (χ2n) is 4.28. The van der Waals surface area contributed by atoms with E-state index in [2.05, 4.69) is 10.6 Å². The van der Waals surface area contributed by atoms with Gasteiger partial charge >= 0.3 is 5.97 Å². The normalized spacial score (nSPS) is 19.0. The number of anilines is 1. The molecule has 2 N–H and O–H groups in total. The molecule has 1 aliphatic rings. The number of hydrogen-bond donors (Lipinski definition) is 2. The van der Waals surface area contributed by atoms with Gasteiger partial charge in [-0.3, -0.25) is 0 Å². The van der Waals surface area contributed by atoms with E-state index in [4.69, 9.17) is 4.74 Å². The van der Waals surface area contributed by atoms with Gasteiger partial charge in [0.2, 0.25) is 0 Å². The van der Waals surface area contributed by atoms with E-state index in [1.165, 1.54) is 13.5 Å². The molecule has 17 heavy (non-hydrogen) atoms. The lowest BCUT2D eigenvalue weighted by Gasteiger charge is -2.13. The summed E-state index contributed by atoms with van der Waals surface area (Å²) in [5.41, 5.74) is 1.45. The van der Waals surface area contributed by atoms with Gasteiger partial charge in [0.1, 0.15) is 0 Å². The summed E-state index contributed by atoms with van der Waals surface area (Å²) in [7, 11) is 1.40. The molecule has 1 unspecified atom stereocenters. The number of para-hydroxylation sites is 1. The molecule has 1 aromatic carbocycles. The zero-order valence-electron chi connectivity index (χ0n) is 10.0. The molecule has 0 bridgehead atoms. The molecule has 92 valence electrons. The van der Waals surface area contributed by atoms with Crippen LogP contribution in [0.15, 0.2) is 24.3 Å². The van der Waals surface area contributed by atoms with Gasteiger partial charge in [-0.2, -0.15) is 0 Å². The van der Waals surface area contributed by atoms with Gasteiger partial charge in [0.15, 0.2) is 0 Å². The van der Waals surface area contributed by atoms with Gasteiger partial charge in [0, 0.05) is 12.2 Å². The third-order valence-electron chi connectivity index (χ3n) is 3.08. The molecule has 2 rings (SSSR count). The van der Waals surface area contributed by atoms with E-state index in [0.29, 0.717) is 11.5 Å². The standard InChI is InChI=1S/C13H18N2O2/c1-17-13(16)11-4-2-3-5-12(11)15-9-10-6-7-14-8-10/h2-5,10,14-15H,6-9H2,1H3. The van der Waals surface area contributed by atoms with Crippen LogP contribution >= 0.6 is 0 Å². The molecule has 1 aliphatic heterocycles. The zero-order valence-corrected chi connectivity index (χ0v) is 10.0. The Morgan fingerprint density at radius 1 is 1.53 bits per heavy atom. The first-order valence-electron chi connectivity index (χ1n) is 5.93. The van der Waals surface area contributed by atoms with Crippen molar-refractivity contribution in [2.24, 2.45) is 5.92 Å². The molecule has 0 aliphatic carbocycles. The van der Waals surface area contributed by atoms with Crippen molar-refractivity contribution in [3.8, 4) is 0 Å². The maximum Gasteiger partial charge on any atom is 0.339 e. The average molecular weight is 234 g/mol. The lowest BCUT2D eigenvalue weighted by atomic mass is 10.1. The van der Waals surface area contributed by atoms with E-state index in [-0.39, 0.29) is 5.97 Å². The van der Waals surface area contributed by atoms with Gasteiger partial charge < -0.3 is 15.4 Å². The SMILES string of the molecule is COC(=O)c1ccccc1NCC1CCNC1. The van der Waals surface area contributed by atoms with Gasteiger partial charge in [-0.1, -0.05) is 12.1 Å². The molecule has 1 atom stereocenters. The molecule has 0 amide bonds. The highest BCUT2D eigenvalue weighted by Crippen LogP contribution is 2.17. The molecule has 1 saturated heterocycles. The van der Waals surface area contributed by atoms with Crippen molar-refractivity contribution in [3.05, 3.63) is 29.8 Å². The lowest BCUT2D eigenvalue weighted by molar-refractivity contribution is 0.0602. The summed E-state index contributed by atoms with van der Waals surface area (Å²) in [4.78, 5) is 11.6. The fourth-order valence-electron chi connectivity index (χ4n) is 2.07. The van der Waals surface area contributed by atoms with Gasteiger partial charge in [-0.15, -0.1) is 0 Å². The number of carbonyl (C=O) groups excluding carboxylic acids is 1. The Kier molecular flexibility index (Phi) is 3.98. The topological polar surface area (TPSA) is 50.4 Å². The van der Waals surface area contributed by atoms with E-state index in [1.54, 1.807) is 6.07 Å². The smallest absolute Gasteiger partial charge is 0.339 e. The van der Waals surface area contributed by atoms with Crippen molar-refractivity contribution >= 4 is 11.7 Å². The molecule has 1 heterocycles. The van der Waals surface area contributed by atoms with Crippen LogP contribution in [0.1, 0.15) is 16.8 Å². The number of carbonyl (C=O) groups is 1. The molecule has 4 nitrogen and oxygen atoms in total. The van der Waals surface area contributed by atoms with Crippen molar-refractivity contribution in [2.75, 3.05) is 32.1 Å². The van der Waals surface area contributed by atoms with Crippen LogP contribution in [0.4, 0.5) is 5.69 Å². The summed E-state index contributed by atoms with van der Waals surface area (Å²) in [5.74, 6) is 0.346. The fraction of sp³-hybridized carbons (Fsp3) is 0.462. The quantitative estimate of drug-likeness (QED) is 0.775. The minimum absolute atomic E-state index is 0.294. The number of ether oxygens (including phenoxy) is 1. The highest BCUT2D eigenvalue weighted by molar-refractivity contribution is 5.95. The van der Waals surface area contributed by atoms with Gasteiger partial charge in [0.05, 0.1) is 12.7 Å². The molecular weight excluding hydrogens is 216 g/mol. The lowest BCUT2D eigenvalue weighted by Crippen LogP contribution is -2.18. The van der Waals surface area contributed by atoms with E-state index in [9.17, 15) is 4.79 Å². The molecule has 0 saturated carbocycles. The summed E-state index contributed by atoms with van der Waals surface area (Å²) in [6.45, 7) is 3.03. The molecule has 1 aromatic rings. The fourth-order valence-corrected chi connectivity index (χ4v) is 2.07. The summed E-state index contributed by atoms with van der Waals surface area (Å²) in [6.07, 6.45) is 1.19. The van der Waals surface area contributed by atoms with E-state index in [1.807, 2.05) is 18.2 Å². The molecule has 1 fully saturated rings. The molecule has 0 aromatic heterocycles. The first-order valence-corrected chi connectivity index (χ1v) is 5.93. The van der Waals surface area contributed by atoms with Crippen molar-refractivity contribution in [2.45, 2.75) is 6.42 Å². The second-order valence-corrected chi connectivity index (χ2v) is 4.28. The van der Waals surface area contributed by atoms with Crippen LogP contribution in [-0.2, 0) is 4.74 Å². The number of hydrogen-bond acceptors (Lipinski definition) is 4. The number of benzene rings is 1. The summed E-state index contributed by atoms with van der Waals surface area (Å²) >= 11 is 0. The minimum atomic E-state index is -0.294. The van der Waals surface area contributed by atoms with E-state index in [0.717, 1.165) is 25.3 Å². The Morgan fingerprint density at radius 2 is 2.35 bits per heavy atom. The van der Waals surface area contributed by atoms with Crippen LogP contribution in [0.2, 0.25) is 0 Å². The zero-order chi connectivity index (χ0) is 12.1. The maximum atomic E-state index is 11.6. The number of methoxy groups -OCH3 is 1. The van der Waals surface area contributed by atoms with Crippen LogP contribution in [0.3, 0.4) is 0 Å². The number of nitrogens with one attached hydrogen (secondary N) is 2. The first kappa shape index (κ1) is 11.9. The number of esters is 1. The van der Waals surface area contributed by atoms with Gasteiger partial charge in [-0.25, -0.2) is 4.79 Å². The van der Waals surface area contributed by atoms with Crippen molar-refractivity contribution in [1.82, 2.24) is 5.32 Å². The highest BCUT2D eigenvalue weighted by atomic mass is 16.5. The Hall–Kier alpha value is -1.55. The summed E-state index contributed by atoms with van der Waals surface area (Å²) in [6, 6.07) is 7.45. The Morgan fingerprint density at radius 3 is 3.06 bits per heavy atom. The Labute approximate surface area is 101 Å². The van der Waals surface area contributed by atoms with Crippen LogP contribution in [0, 0.1) is 5.92 Å². The van der Waals surface area contributed by atoms with Crippen LogP contribution in [0.25, 0.3) is 0 Å².